The highest BCUT2D eigenvalue weighted by atomic mass is 35.5. The van der Waals surface area contributed by atoms with E-state index in [9.17, 15) is 4.79 Å². The summed E-state index contributed by atoms with van der Waals surface area (Å²) >= 11 is 11.8. The number of carbonyl (C=O) groups excluding carboxylic acids is 1. The van der Waals surface area contributed by atoms with E-state index in [4.69, 9.17) is 27.9 Å². The minimum Gasteiger partial charge on any atom is -0.384 e. The van der Waals surface area contributed by atoms with Crippen LogP contribution in [0.4, 0.5) is 16.2 Å². The Balaban J connectivity index is 1.85. The summed E-state index contributed by atoms with van der Waals surface area (Å²) in [6.07, 6.45) is 5.04. The summed E-state index contributed by atoms with van der Waals surface area (Å²) in [6.45, 7) is 0.450. The molecule has 3 aromatic heterocycles. The monoisotopic (exact) mass is 380 g/mol. The van der Waals surface area contributed by atoms with Crippen molar-refractivity contribution in [2.24, 2.45) is 0 Å². The fourth-order valence-corrected chi connectivity index (χ4v) is 2.61. The van der Waals surface area contributed by atoms with E-state index >= 15 is 0 Å². The second-order valence-corrected chi connectivity index (χ2v) is 5.89. The van der Waals surface area contributed by atoms with Crippen molar-refractivity contribution in [2.45, 2.75) is 6.42 Å². The van der Waals surface area contributed by atoms with Gasteiger partial charge in [0.1, 0.15) is 0 Å². The summed E-state index contributed by atoms with van der Waals surface area (Å²) in [7, 11) is 1.60. The van der Waals surface area contributed by atoms with E-state index in [-0.39, 0.29) is 0 Å². The molecule has 0 unspecified atom stereocenters. The van der Waals surface area contributed by atoms with Gasteiger partial charge in [-0.3, -0.25) is 4.98 Å². The number of hydrogen-bond donors (Lipinski definition) is 2. The Labute approximate surface area is 153 Å². The predicted molar refractivity (Wildman–Crippen MR) is 95.5 cm³/mol. The van der Waals surface area contributed by atoms with Crippen molar-refractivity contribution < 1.29 is 9.53 Å². The average molecular weight is 381 g/mol. The van der Waals surface area contributed by atoms with E-state index < -0.39 is 6.03 Å². The van der Waals surface area contributed by atoms with Crippen molar-refractivity contribution in [2.75, 3.05) is 24.4 Å². The topological polar surface area (TPSA) is 93.4 Å². The summed E-state index contributed by atoms with van der Waals surface area (Å²) < 4.78 is 6.71. The molecule has 3 heterocycles. The lowest BCUT2D eigenvalue weighted by Gasteiger charge is -2.13. The van der Waals surface area contributed by atoms with Gasteiger partial charge in [0.15, 0.2) is 10.8 Å². The van der Waals surface area contributed by atoms with Crippen LogP contribution in [0.2, 0.25) is 10.2 Å². The second-order valence-electron chi connectivity index (χ2n) is 5.07. The molecule has 0 bridgehead atoms. The quantitative estimate of drug-likeness (QED) is 0.708. The third-order valence-corrected chi connectivity index (χ3v) is 3.70. The first-order valence-electron chi connectivity index (χ1n) is 7.27. The number of halogens is 2. The molecule has 25 heavy (non-hydrogen) atoms. The molecule has 0 aromatic carbocycles. The van der Waals surface area contributed by atoms with E-state index in [2.05, 4.69) is 25.7 Å². The number of carbonyl (C=O) groups is 1. The molecule has 3 aromatic rings. The lowest BCUT2D eigenvalue weighted by Crippen LogP contribution is -2.22. The molecule has 0 aliphatic carbocycles. The van der Waals surface area contributed by atoms with Gasteiger partial charge in [-0.1, -0.05) is 23.2 Å². The number of aromatic nitrogens is 4. The third-order valence-electron chi connectivity index (χ3n) is 3.31. The van der Waals surface area contributed by atoms with Crippen molar-refractivity contribution >= 4 is 46.3 Å². The molecule has 0 fully saturated rings. The number of anilines is 2. The van der Waals surface area contributed by atoms with Crippen LogP contribution < -0.4 is 10.6 Å². The molecule has 0 atom stereocenters. The molecule has 0 saturated heterocycles. The van der Waals surface area contributed by atoms with E-state index in [1.807, 2.05) is 0 Å². The van der Waals surface area contributed by atoms with Crippen molar-refractivity contribution in [3.05, 3.63) is 46.6 Å². The van der Waals surface area contributed by atoms with Crippen LogP contribution in [-0.2, 0) is 11.2 Å². The van der Waals surface area contributed by atoms with Gasteiger partial charge in [-0.2, -0.15) is 5.10 Å². The van der Waals surface area contributed by atoms with Crippen LogP contribution in [0.1, 0.15) is 5.69 Å². The molecule has 0 spiro atoms. The molecule has 2 N–H and O–H groups in total. The number of nitrogens with one attached hydrogen (secondary N) is 2. The van der Waals surface area contributed by atoms with Crippen LogP contribution in [0, 0.1) is 0 Å². The Morgan fingerprint density at radius 2 is 2.08 bits per heavy atom. The first-order chi connectivity index (χ1) is 12.1. The van der Waals surface area contributed by atoms with Crippen LogP contribution in [0.5, 0.6) is 0 Å². The van der Waals surface area contributed by atoms with Gasteiger partial charge >= 0.3 is 6.03 Å². The van der Waals surface area contributed by atoms with Crippen LogP contribution in [0.15, 0.2) is 30.7 Å². The highest BCUT2D eigenvalue weighted by Crippen LogP contribution is 2.20. The molecular formula is C15H14Cl2N6O2. The highest BCUT2D eigenvalue weighted by Gasteiger charge is 2.14. The van der Waals surface area contributed by atoms with E-state index in [1.54, 1.807) is 30.0 Å². The van der Waals surface area contributed by atoms with Crippen LogP contribution in [0.25, 0.3) is 5.65 Å². The fraction of sp³-hybridized carbons (Fsp3) is 0.200. The second kappa shape index (κ2) is 7.64. The van der Waals surface area contributed by atoms with E-state index in [0.29, 0.717) is 40.2 Å². The van der Waals surface area contributed by atoms with Crippen molar-refractivity contribution in [1.82, 2.24) is 19.6 Å². The summed E-state index contributed by atoms with van der Waals surface area (Å²) in [5, 5.41) is 10.3. The Morgan fingerprint density at radius 1 is 1.24 bits per heavy atom. The number of fused-ring (bicyclic) bond motifs is 1. The van der Waals surface area contributed by atoms with Gasteiger partial charge in [0.25, 0.3) is 0 Å². The van der Waals surface area contributed by atoms with Gasteiger partial charge in [-0.15, -0.1) is 0 Å². The highest BCUT2D eigenvalue weighted by molar-refractivity contribution is 6.30. The van der Waals surface area contributed by atoms with E-state index in [0.717, 1.165) is 5.69 Å². The Bertz CT molecular complexity index is 914. The Hall–Kier alpha value is -2.42. The van der Waals surface area contributed by atoms with Gasteiger partial charge in [-0.25, -0.2) is 14.3 Å². The molecular weight excluding hydrogens is 367 g/mol. The smallest absolute Gasteiger partial charge is 0.323 e. The first kappa shape index (κ1) is 17.4. The normalized spacial score (nSPS) is 10.8. The largest absolute Gasteiger partial charge is 0.384 e. The number of amides is 2. The summed E-state index contributed by atoms with van der Waals surface area (Å²) in [5.74, 6) is 0. The van der Waals surface area contributed by atoms with Crippen molar-refractivity contribution in [3.63, 3.8) is 0 Å². The maximum atomic E-state index is 12.3. The number of pyridine rings is 1. The standard InChI is InChI=1S/C15H14Cl2N6O2/c1-25-3-2-12-11(8-19-14-5-13(17)22-23(12)14)21-15(24)20-10-4-9(16)6-18-7-10/h4-8H,2-3H2,1H3,(H2,20,21,24). The number of methoxy groups -OCH3 is 1. The molecule has 2 amide bonds. The zero-order valence-corrected chi connectivity index (χ0v) is 14.7. The first-order valence-corrected chi connectivity index (χ1v) is 8.03. The van der Waals surface area contributed by atoms with Gasteiger partial charge in [0.05, 0.1) is 41.1 Å². The molecule has 130 valence electrons. The molecule has 0 aliphatic rings. The Morgan fingerprint density at radius 3 is 2.84 bits per heavy atom. The number of rotatable bonds is 5. The van der Waals surface area contributed by atoms with Crippen LogP contribution in [0.3, 0.4) is 0 Å². The lowest BCUT2D eigenvalue weighted by atomic mass is 10.2. The Kier molecular flexibility index (Phi) is 5.32. The van der Waals surface area contributed by atoms with Crippen LogP contribution in [-0.4, -0.2) is 39.3 Å². The maximum Gasteiger partial charge on any atom is 0.323 e. The lowest BCUT2D eigenvalue weighted by molar-refractivity contribution is 0.201. The van der Waals surface area contributed by atoms with Gasteiger partial charge in [0.2, 0.25) is 0 Å². The SMILES string of the molecule is COCCc1c(NC(=O)Nc2cncc(Cl)c2)cnc2cc(Cl)nn12. The minimum absolute atomic E-state index is 0.317. The summed E-state index contributed by atoms with van der Waals surface area (Å²) in [4.78, 5) is 20.4. The molecule has 3 rings (SSSR count). The minimum atomic E-state index is -0.456. The number of nitrogens with zero attached hydrogens (tertiary/aromatic N) is 4. The van der Waals surface area contributed by atoms with Crippen molar-refractivity contribution in [3.8, 4) is 0 Å². The molecule has 8 nitrogen and oxygen atoms in total. The molecule has 0 aliphatic heterocycles. The van der Waals surface area contributed by atoms with Gasteiger partial charge in [0, 0.05) is 25.8 Å². The number of urea groups is 1. The zero-order chi connectivity index (χ0) is 17.8. The number of hydrogen-bond acceptors (Lipinski definition) is 5. The van der Waals surface area contributed by atoms with E-state index in [1.165, 1.54) is 12.4 Å². The average Bonchev–Trinajstić information content (AvgIpc) is 2.94. The van der Waals surface area contributed by atoms with Crippen LogP contribution >= 0.6 is 23.2 Å². The van der Waals surface area contributed by atoms with Crippen molar-refractivity contribution in [1.29, 1.82) is 0 Å². The van der Waals surface area contributed by atoms with Gasteiger partial charge < -0.3 is 15.4 Å². The maximum absolute atomic E-state index is 12.3. The fourth-order valence-electron chi connectivity index (χ4n) is 2.26. The third kappa shape index (κ3) is 4.16. The molecule has 0 radical (unpaired) electrons. The molecule has 0 saturated carbocycles. The zero-order valence-electron chi connectivity index (χ0n) is 13.2. The predicted octanol–water partition coefficient (Wildman–Crippen LogP) is 3.26. The summed E-state index contributed by atoms with van der Waals surface area (Å²) in [5.41, 5.74) is 2.27. The van der Waals surface area contributed by atoms with Gasteiger partial charge in [-0.05, 0) is 6.07 Å². The molecule has 10 heteroatoms. The number of ether oxygens (including phenoxy) is 1. The summed E-state index contributed by atoms with van der Waals surface area (Å²) in [6, 6.07) is 2.77.